The second-order valence-electron chi connectivity index (χ2n) is 4.78. The van der Waals surface area contributed by atoms with E-state index in [0.29, 0.717) is 21.3 Å². The molecular formula is C16H12Cl2N4O2. The smallest absolute Gasteiger partial charge is 0.270 e. The highest BCUT2D eigenvalue weighted by Crippen LogP contribution is 2.27. The van der Waals surface area contributed by atoms with Crippen molar-refractivity contribution in [2.75, 3.05) is 5.01 Å². The number of aromatic nitrogens is 2. The van der Waals surface area contributed by atoms with Crippen LogP contribution < -0.4 is 15.6 Å². The Balaban J connectivity index is 1.69. The molecule has 24 heavy (non-hydrogen) atoms. The molecule has 0 fully saturated rings. The number of carbonyl (C=O) groups is 1. The van der Waals surface area contributed by atoms with E-state index in [1.54, 1.807) is 12.1 Å². The van der Waals surface area contributed by atoms with Gasteiger partial charge in [0.05, 0.1) is 22.3 Å². The third-order valence-electron chi connectivity index (χ3n) is 3.14. The van der Waals surface area contributed by atoms with Crippen molar-refractivity contribution in [1.82, 2.24) is 9.97 Å². The third-order valence-corrected chi connectivity index (χ3v) is 3.67. The van der Waals surface area contributed by atoms with Gasteiger partial charge in [-0.2, -0.15) is 0 Å². The lowest BCUT2D eigenvalue weighted by atomic mass is 10.3. The average Bonchev–Trinajstić information content (AvgIpc) is 3.00. The molecule has 1 amide bonds. The van der Waals surface area contributed by atoms with E-state index in [2.05, 4.69) is 9.97 Å². The van der Waals surface area contributed by atoms with Crippen LogP contribution >= 0.6 is 23.2 Å². The molecule has 1 heterocycles. The lowest BCUT2D eigenvalue weighted by Gasteiger charge is -2.10. The van der Waals surface area contributed by atoms with Gasteiger partial charge < -0.3 is 9.72 Å². The Hall–Kier alpha value is -2.54. The Morgan fingerprint density at radius 1 is 1.25 bits per heavy atom. The number of anilines is 1. The number of benzene rings is 2. The Labute approximate surface area is 147 Å². The quantitative estimate of drug-likeness (QED) is 0.244. The van der Waals surface area contributed by atoms with Crippen molar-refractivity contribution in [3.05, 3.63) is 64.8 Å². The van der Waals surface area contributed by atoms with Gasteiger partial charge in [0.2, 0.25) is 5.95 Å². The number of aromatic amines is 1. The van der Waals surface area contributed by atoms with Crippen LogP contribution in [0.2, 0.25) is 10.0 Å². The van der Waals surface area contributed by atoms with Crippen molar-refractivity contribution in [3.63, 3.8) is 0 Å². The Kier molecular flexibility index (Phi) is 4.71. The van der Waals surface area contributed by atoms with E-state index in [0.717, 1.165) is 16.6 Å². The molecule has 0 unspecified atom stereocenters. The zero-order valence-corrected chi connectivity index (χ0v) is 13.8. The number of amides is 1. The van der Waals surface area contributed by atoms with Gasteiger partial charge in [0.15, 0.2) is 0 Å². The number of rotatable bonds is 4. The first-order valence-corrected chi connectivity index (χ1v) is 7.62. The molecular weight excluding hydrogens is 351 g/mol. The summed E-state index contributed by atoms with van der Waals surface area (Å²) in [5.74, 6) is 5.86. The number of para-hydroxylation sites is 2. The second kappa shape index (κ2) is 6.92. The minimum absolute atomic E-state index is 0.232. The summed E-state index contributed by atoms with van der Waals surface area (Å²) in [6.07, 6.45) is 2.36. The fraction of sp³-hybridized carbons (Fsp3) is 0. The largest absolute Gasteiger partial charge is 0.463 e. The molecule has 3 rings (SSSR count). The first-order chi connectivity index (χ1) is 11.5. The summed E-state index contributed by atoms with van der Waals surface area (Å²) in [6, 6.07) is 12.1. The number of H-pyrrole nitrogens is 1. The number of imidazole rings is 1. The molecule has 0 saturated carbocycles. The molecule has 0 aliphatic carbocycles. The first kappa shape index (κ1) is 16.3. The van der Waals surface area contributed by atoms with Crippen LogP contribution in [0.1, 0.15) is 0 Å². The van der Waals surface area contributed by atoms with E-state index >= 15 is 0 Å². The molecule has 122 valence electrons. The highest BCUT2D eigenvalue weighted by molar-refractivity contribution is 6.35. The van der Waals surface area contributed by atoms with E-state index < -0.39 is 5.91 Å². The monoisotopic (exact) mass is 362 g/mol. The van der Waals surface area contributed by atoms with Crippen LogP contribution in [0.3, 0.4) is 0 Å². The molecule has 0 aliphatic rings. The minimum atomic E-state index is -0.515. The van der Waals surface area contributed by atoms with Crippen molar-refractivity contribution in [2.45, 2.75) is 0 Å². The maximum atomic E-state index is 12.1. The predicted molar refractivity (Wildman–Crippen MR) is 94.0 cm³/mol. The summed E-state index contributed by atoms with van der Waals surface area (Å²) in [5, 5.41) is 1.72. The number of carbonyl (C=O) groups excluding carboxylic acids is 1. The first-order valence-electron chi connectivity index (χ1n) is 6.86. The molecule has 8 heteroatoms. The number of hydrogen-bond acceptors (Lipinski definition) is 4. The Morgan fingerprint density at radius 3 is 2.79 bits per heavy atom. The second-order valence-corrected chi connectivity index (χ2v) is 5.62. The fourth-order valence-electron chi connectivity index (χ4n) is 1.97. The van der Waals surface area contributed by atoms with Gasteiger partial charge in [-0.15, -0.1) is 0 Å². The van der Waals surface area contributed by atoms with E-state index in [1.165, 1.54) is 12.3 Å². The number of ether oxygens (including phenoxy) is 1. The number of fused-ring (bicyclic) bond motifs is 1. The number of hydrazine groups is 1. The average molecular weight is 363 g/mol. The van der Waals surface area contributed by atoms with Crippen LogP contribution in [0.5, 0.6) is 5.75 Å². The maximum Gasteiger partial charge on any atom is 0.270 e. The van der Waals surface area contributed by atoms with E-state index in [9.17, 15) is 4.79 Å². The predicted octanol–water partition coefficient (Wildman–Crippen LogP) is 3.67. The molecule has 2 aromatic carbocycles. The van der Waals surface area contributed by atoms with Crippen molar-refractivity contribution in [1.29, 1.82) is 0 Å². The molecule has 1 aromatic heterocycles. The van der Waals surface area contributed by atoms with Crippen LogP contribution in [-0.4, -0.2) is 15.9 Å². The van der Waals surface area contributed by atoms with E-state index in [1.807, 2.05) is 24.3 Å². The zero-order chi connectivity index (χ0) is 17.1. The molecule has 0 atom stereocenters. The summed E-state index contributed by atoms with van der Waals surface area (Å²) >= 11 is 11.8. The van der Waals surface area contributed by atoms with Crippen LogP contribution in [-0.2, 0) is 4.79 Å². The number of hydrogen-bond donors (Lipinski definition) is 2. The highest BCUT2D eigenvalue weighted by Gasteiger charge is 2.13. The molecule has 6 nitrogen and oxygen atoms in total. The fourth-order valence-corrected chi connectivity index (χ4v) is 2.43. The Bertz CT molecular complexity index is 890. The van der Waals surface area contributed by atoms with Crippen molar-refractivity contribution in [2.24, 2.45) is 5.84 Å². The van der Waals surface area contributed by atoms with Crippen molar-refractivity contribution in [3.8, 4) is 5.75 Å². The van der Waals surface area contributed by atoms with Crippen LogP contribution in [0.15, 0.2) is 54.8 Å². The van der Waals surface area contributed by atoms with Gasteiger partial charge in [0.1, 0.15) is 5.75 Å². The normalized spacial score (nSPS) is 11.1. The van der Waals surface area contributed by atoms with Crippen molar-refractivity contribution >= 4 is 46.1 Å². The summed E-state index contributed by atoms with van der Waals surface area (Å²) < 4.78 is 5.30. The molecule has 0 saturated heterocycles. The summed E-state index contributed by atoms with van der Waals surface area (Å²) in [5.41, 5.74) is 1.49. The van der Waals surface area contributed by atoms with Gasteiger partial charge in [-0.25, -0.2) is 15.8 Å². The molecule has 0 radical (unpaired) electrons. The number of halogens is 2. The summed E-state index contributed by atoms with van der Waals surface area (Å²) in [6.45, 7) is 0. The van der Waals surface area contributed by atoms with E-state index in [4.69, 9.17) is 33.8 Å². The summed E-state index contributed by atoms with van der Waals surface area (Å²) in [7, 11) is 0. The SMILES string of the molecule is NN(C(=O)/C=C/Oc1ccc(Cl)cc1Cl)c1nc2ccccc2[nH]1. The van der Waals surface area contributed by atoms with Gasteiger partial charge in [-0.1, -0.05) is 35.3 Å². The Morgan fingerprint density at radius 2 is 2.04 bits per heavy atom. The summed E-state index contributed by atoms with van der Waals surface area (Å²) in [4.78, 5) is 19.3. The number of nitrogens with two attached hydrogens (primary N) is 1. The molecule has 0 bridgehead atoms. The van der Waals surface area contributed by atoms with Gasteiger partial charge in [-0.3, -0.25) is 4.79 Å². The van der Waals surface area contributed by atoms with Crippen molar-refractivity contribution < 1.29 is 9.53 Å². The lowest BCUT2D eigenvalue weighted by molar-refractivity contribution is -0.114. The molecule has 0 spiro atoms. The zero-order valence-electron chi connectivity index (χ0n) is 12.2. The molecule has 3 N–H and O–H groups in total. The van der Waals surface area contributed by atoms with Gasteiger partial charge in [-0.05, 0) is 30.3 Å². The maximum absolute atomic E-state index is 12.1. The molecule has 0 aliphatic heterocycles. The third kappa shape index (κ3) is 3.51. The van der Waals surface area contributed by atoms with Gasteiger partial charge in [0, 0.05) is 11.1 Å². The van der Waals surface area contributed by atoms with Crippen LogP contribution in [0.4, 0.5) is 5.95 Å². The standard InChI is InChI=1S/C16H12Cl2N4O2/c17-10-5-6-14(11(18)9-10)24-8-7-15(23)22(19)16-20-12-3-1-2-4-13(12)21-16/h1-9H,19H2,(H,20,21)/b8-7+. The van der Waals surface area contributed by atoms with Gasteiger partial charge >= 0.3 is 0 Å². The highest BCUT2D eigenvalue weighted by atomic mass is 35.5. The van der Waals surface area contributed by atoms with Crippen LogP contribution in [0.25, 0.3) is 11.0 Å². The molecule has 3 aromatic rings. The number of nitrogens with one attached hydrogen (secondary N) is 1. The lowest BCUT2D eigenvalue weighted by Crippen LogP contribution is -2.37. The minimum Gasteiger partial charge on any atom is -0.463 e. The van der Waals surface area contributed by atoms with E-state index in [-0.39, 0.29) is 5.95 Å². The van der Waals surface area contributed by atoms with Gasteiger partial charge in [0.25, 0.3) is 5.91 Å². The van der Waals surface area contributed by atoms with Crippen LogP contribution in [0, 0.1) is 0 Å². The topological polar surface area (TPSA) is 84.2 Å². The number of nitrogens with zero attached hydrogens (tertiary/aromatic N) is 2.